The van der Waals surface area contributed by atoms with Gasteiger partial charge in [0.25, 0.3) is 5.91 Å². The number of carbonyl (C=O) groups is 1. The monoisotopic (exact) mass is 445 g/mol. The van der Waals surface area contributed by atoms with Gasteiger partial charge >= 0.3 is 0 Å². The van der Waals surface area contributed by atoms with Crippen LogP contribution in [0.5, 0.6) is 5.88 Å². The standard InChI is InChI=1S/C21H27N5O4S/c1-2-30-20-10-9-19(22-23-20)24-13-15-25(16-14-24)21(27)17-5-7-18(8-6-17)31(28,29)26-11-3-4-12-26/h5-10H,2-4,11-16H2,1H3. The number of amides is 1. The van der Waals surface area contributed by atoms with E-state index in [0.29, 0.717) is 57.3 Å². The van der Waals surface area contributed by atoms with E-state index in [1.54, 1.807) is 23.1 Å². The SMILES string of the molecule is CCOc1ccc(N2CCN(C(=O)c3ccc(S(=O)(=O)N4CCCC4)cc3)CC2)nn1. The van der Waals surface area contributed by atoms with Crippen LogP contribution < -0.4 is 9.64 Å². The minimum Gasteiger partial charge on any atom is -0.477 e. The van der Waals surface area contributed by atoms with Gasteiger partial charge in [-0.05, 0) is 50.1 Å². The molecule has 0 atom stereocenters. The number of benzene rings is 1. The molecule has 0 unspecified atom stereocenters. The summed E-state index contributed by atoms with van der Waals surface area (Å²) in [6.45, 7) is 5.97. The van der Waals surface area contributed by atoms with Gasteiger partial charge in [-0.15, -0.1) is 10.2 Å². The zero-order chi connectivity index (χ0) is 21.8. The van der Waals surface area contributed by atoms with Crippen LogP contribution in [-0.2, 0) is 10.0 Å². The molecular weight excluding hydrogens is 418 g/mol. The molecule has 4 rings (SSSR count). The van der Waals surface area contributed by atoms with E-state index in [9.17, 15) is 13.2 Å². The van der Waals surface area contributed by atoms with E-state index in [-0.39, 0.29) is 10.8 Å². The zero-order valence-corrected chi connectivity index (χ0v) is 18.4. The van der Waals surface area contributed by atoms with E-state index in [4.69, 9.17) is 4.74 Å². The summed E-state index contributed by atoms with van der Waals surface area (Å²) in [5.74, 6) is 1.16. The predicted octanol–water partition coefficient (Wildman–Crippen LogP) is 1.62. The van der Waals surface area contributed by atoms with Crippen LogP contribution in [0.1, 0.15) is 30.1 Å². The first-order valence-electron chi connectivity index (χ1n) is 10.6. The molecule has 0 bridgehead atoms. The molecule has 166 valence electrons. The number of carbonyl (C=O) groups excluding carboxylic acids is 1. The number of hydrogen-bond acceptors (Lipinski definition) is 7. The lowest BCUT2D eigenvalue weighted by Crippen LogP contribution is -2.49. The second-order valence-electron chi connectivity index (χ2n) is 7.58. The second-order valence-corrected chi connectivity index (χ2v) is 9.52. The summed E-state index contributed by atoms with van der Waals surface area (Å²) >= 11 is 0. The Balaban J connectivity index is 1.36. The lowest BCUT2D eigenvalue weighted by atomic mass is 10.2. The van der Waals surface area contributed by atoms with Gasteiger partial charge in [-0.3, -0.25) is 4.79 Å². The van der Waals surface area contributed by atoms with Gasteiger partial charge in [0.05, 0.1) is 11.5 Å². The number of hydrogen-bond donors (Lipinski definition) is 0. The molecule has 9 nitrogen and oxygen atoms in total. The summed E-state index contributed by atoms with van der Waals surface area (Å²) < 4.78 is 32.1. The highest BCUT2D eigenvalue weighted by molar-refractivity contribution is 7.89. The molecule has 2 aliphatic rings. The quantitative estimate of drug-likeness (QED) is 0.667. The first kappa shape index (κ1) is 21.5. The van der Waals surface area contributed by atoms with Crippen molar-refractivity contribution >= 4 is 21.7 Å². The van der Waals surface area contributed by atoms with Crippen LogP contribution in [0.25, 0.3) is 0 Å². The number of anilines is 1. The van der Waals surface area contributed by atoms with Crippen molar-refractivity contribution in [3.63, 3.8) is 0 Å². The van der Waals surface area contributed by atoms with Gasteiger partial charge in [0.15, 0.2) is 5.82 Å². The Labute approximate surface area is 182 Å². The van der Waals surface area contributed by atoms with Crippen molar-refractivity contribution in [2.75, 3.05) is 50.8 Å². The van der Waals surface area contributed by atoms with Crippen LogP contribution in [0.15, 0.2) is 41.3 Å². The summed E-state index contributed by atoms with van der Waals surface area (Å²) in [4.78, 5) is 17.0. The smallest absolute Gasteiger partial charge is 0.253 e. The van der Waals surface area contributed by atoms with E-state index in [1.807, 2.05) is 13.0 Å². The largest absolute Gasteiger partial charge is 0.477 e. The van der Waals surface area contributed by atoms with Gasteiger partial charge in [-0.25, -0.2) is 8.42 Å². The highest BCUT2D eigenvalue weighted by atomic mass is 32.2. The van der Waals surface area contributed by atoms with Gasteiger partial charge < -0.3 is 14.5 Å². The summed E-state index contributed by atoms with van der Waals surface area (Å²) in [6, 6.07) is 9.95. The fourth-order valence-corrected chi connectivity index (χ4v) is 5.39. The number of rotatable bonds is 6. The van der Waals surface area contributed by atoms with Crippen molar-refractivity contribution < 1.29 is 17.9 Å². The molecule has 0 aliphatic carbocycles. The topological polar surface area (TPSA) is 95.9 Å². The summed E-state index contributed by atoms with van der Waals surface area (Å²) in [6.07, 6.45) is 1.79. The predicted molar refractivity (Wildman–Crippen MR) is 116 cm³/mol. The van der Waals surface area contributed by atoms with Crippen molar-refractivity contribution in [1.29, 1.82) is 0 Å². The van der Waals surface area contributed by atoms with Crippen LogP contribution in [0.4, 0.5) is 5.82 Å². The summed E-state index contributed by atoms with van der Waals surface area (Å²) in [7, 11) is -3.47. The van der Waals surface area contributed by atoms with Crippen molar-refractivity contribution in [1.82, 2.24) is 19.4 Å². The van der Waals surface area contributed by atoms with E-state index in [1.165, 1.54) is 16.4 Å². The molecule has 2 saturated heterocycles. The Hall–Kier alpha value is -2.72. The van der Waals surface area contributed by atoms with Crippen molar-refractivity contribution in [2.45, 2.75) is 24.7 Å². The average Bonchev–Trinajstić information content (AvgIpc) is 3.36. The van der Waals surface area contributed by atoms with E-state index >= 15 is 0 Å². The summed E-state index contributed by atoms with van der Waals surface area (Å²) in [5.41, 5.74) is 0.495. The molecule has 2 aliphatic heterocycles. The zero-order valence-electron chi connectivity index (χ0n) is 17.6. The Morgan fingerprint density at radius 3 is 2.19 bits per heavy atom. The van der Waals surface area contributed by atoms with Gasteiger partial charge in [0.2, 0.25) is 15.9 Å². The Morgan fingerprint density at radius 1 is 0.935 bits per heavy atom. The first-order chi connectivity index (χ1) is 15.0. The molecule has 10 heteroatoms. The highest BCUT2D eigenvalue weighted by Gasteiger charge is 2.28. The fourth-order valence-electron chi connectivity index (χ4n) is 3.87. The lowest BCUT2D eigenvalue weighted by molar-refractivity contribution is 0.0746. The molecule has 0 spiro atoms. The molecule has 3 heterocycles. The van der Waals surface area contributed by atoms with Gasteiger partial charge in [-0.2, -0.15) is 4.31 Å². The molecular formula is C21H27N5O4S. The third-order valence-corrected chi connectivity index (χ3v) is 7.53. The van der Waals surface area contributed by atoms with Crippen LogP contribution in [-0.4, -0.2) is 79.6 Å². The highest BCUT2D eigenvalue weighted by Crippen LogP contribution is 2.22. The maximum absolute atomic E-state index is 12.9. The second kappa shape index (κ2) is 9.19. The Morgan fingerprint density at radius 2 is 1.61 bits per heavy atom. The van der Waals surface area contributed by atoms with Gasteiger partial charge in [-0.1, -0.05) is 0 Å². The van der Waals surface area contributed by atoms with E-state index in [0.717, 1.165) is 18.7 Å². The number of nitrogens with zero attached hydrogens (tertiary/aromatic N) is 5. The molecule has 1 aromatic heterocycles. The van der Waals surface area contributed by atoms with Crippen LogP contribution in [0.2, 0.25) is 0 Å². The third kappa shape index (κ3) is 4.64. The number of aromatic nitrogens is 2. The number of ether oxygens (including phenoxy) is 1. The minimum atomic E-state index is -3.47. The molecule has 1 aromatic carbocycles. The summed E-state index contributed by atoms with van der Waals surface area (Å²) in [5, 5.41) is 8.26. The fraction of sp³-hybridized carbons (Fsp3) is 0.476. The molecule has 0 N–H and O–H groups in total. The Bertz CT molecular complexity index is 997. The maximum Gasteiger partial charge on any atom is 0.253 e. The van der Waals surface area contributed by atoms with Gasteiger partial charge in [0.1, 0.15) is 0 Å². The molecule has 31 heavy (non-hydrogen) atoms. The maximum atomic E-state index is 12.9. The van der Waals surface area contributed by atoms with Crippen molar-refractivity contribution in [3.8, 4) is 5.88 Å². The average molecular weight is 446 g/mol. The molecule has 0 saturated carbocycles. The first-order valence-corrected chi connectivity index (χ1v) is 12.0. The van der Waals surface area contributed by atoms with Crippen LogP contribution >= 0.6 is 0 Å². The number of piperazine rings is 1. The molecule has 0 radical (unpaired) electrons. The third-order valence-electron chi connectivity index (χ3n) is 5.61. The lowest BCUT2D eigenvalue weighted by Gasteiger charge is -2.35. The Kier molecular flexibility index (Phi) is 6.38. The molecule has 2 aromatic rings. The van der Waals surface area contributed by atoms with Crippen molar-refractivity contribution in [2.24, 2.45) is 0 Å². The van der Waals surface area contributed by atoms with E-state index in [2.05, 4.69) is 15.1 Å². The minimum absolute atomic E-state index is 0.0949. The number of sulfonamides is 1. The van der Waals surface area contributed by atoms with Crippen molar-refractivity contribution in [3.05, 3.63) is 42.0 Å². The van der Waals surface area contributed by atoms with Crippen LogP contribution in [0.3, 0.4) is 0 Å². The van der Waals surface area contributed by atoms with Crippen LogP contribution in [0, 0.1) is 0 Å². The van der Waals surface area contributed by atoms with E-state index < -0.39 is 10.0 Å². The molecule has 2 fully saturated rings. The molecule has 1 amide bonds. The van der Waals surface area contributed by atoms with Gasteiger partial charge in [0, 0.05) is 50.9 Å². The normalized spacial score (nSPS) is 17.7.